The molecule has 5 fully saturated rings. The molecule has 2 N–H and O–H groups in total. The van der Waals surface area contributed by atoms with Gasteiger partial charge in [0.25, 0.3) is 0 Å². The van der Waals surface area contributed by atoms with E-state index in [0.717, 1.165) is 25.8 Å². The number of carbonyl (C=O) groups is 1. The molecule has 27 heavy (non-hydrogen) atoms. The molecule has 5 aliphatic rings. The first-order chi connectivity index (χ1) is 12.9. The van der Waals surface area contributed by atoms with E-state index < -0.39 is 6.17 Å². The van der Waals surface area contributed by atoms with Gasteiger partial charge in [-0.15, -0.1) is 0 Å². The predicted molar refractivity (Wildman–Crippen MR) is 104 cm³/mol. The second-order valence-corrected chi connectivity index (χ2v) is 10.3. The maximum Gasteiger partial charge on any atom is 0.226 e. The summed E-state index contributed by atoms with van der Waals surface area (Å²) in [6.07, 6.45) is 6.25. The fourth-order valence-corrected chi connectivity index (χ4v) is 7.59. The molecule has 3 nitrogen and oxygen atoms in total. The van der Waals surface area contributed by atoms with Crippen LogP contribution in [0.4, 0.5) is 4.39 Å². The lowest BCUT2D eigenvalue weighted by Crippen LogP contribution is -2.63. The molecule has 0 spiro atoms. The molecule has 1 aromatic rings. The fourth-order valence-electron chi connectivity index (χ4n) is 7.59. The van der Waals surface area contributed by atoms with Crippen molar-refractivity contribution in [2.45, 2.75) is 69.5 Å². The summed E-state index contributed by atoms with van der Waals surface area (Å²) in [6, 6.07) is 10.5. The van der Waals surface area contributed by atoms with E-state index in [2.05, 4.69) is 47.9 Å². The Labute approximate surface area is 161 Å². The van der Waals surface area contributed by atoms with Crippen molar-refractivity contribution in [3.63, 3.8) is 0 Å². The summed E-state index contributed by atoms with van der Waals surface area (Å²) in [4.78, 5) is 13.5. The van der Waals surface area contributed by atoms with Crippen molar-refractivity contribution in [2.24, 2.45) is 16.7 Å². The molecule has 1 amide bonds. The lowest BCUT2D eigenvalue weighted by molar-refractivity contribution is -0.161. The summed E-state index contributed by atoms with van der Waals surface area (Å²) in [5.74, 6) is 0.749. The normalized spacial score (nSPS) is 45.6. The standard InChI is InChI=1S/C23H31FN2O/c1-21-9-16-10-22(13-21,17-5-3-2-4-6-17)15-23(11-16,14-21)20(27)26-19-7-8-25-12-18(19)24/h2-6,16,18-19,25H,7-15H2,1H3,(H,26,27)/t16?,18-,19-,21-,22-,23?/m1/s1. The lowest BCUT2D eigenvalue weighted by Gasteiger charge is -2.65. The van der Waals surface area contributed by atoms with Gasteiger partial charge in [-0.05, 0) is 73.8 Å². The van der Waals surface area contributed by atoms with Crippen molar-refractivity contribution in [3.05, 3.63) is 35.9 Å². The Bertz CT molecular complexity index is 739. The number of benzene rings is 1. The summed E-state index contributed by atoms with van der Waals surface area (Å²) in [5, 5.41) is 6.24. The molecule has 1 heterocycles. The molecular weight excluding hydrogens is 339 g/mol. The van der Waals surface area contributed by atoms with Crippen LogP contribution < -0.4 is 10.6 Å². The van der Waals surface area contributed by atoms with Crippen LogP contribution in [0.2, 0.25) is 0 Å². The van der Waals surface area contributed by atoms with Crippen molar-refractivity contribution >= 4 is 5.91 Å². The smallest absolute Gasteiger partial charge is 0.226 e. The topological polar surface area (TPSA) is 41.1 Å². The van der Waals surface area contributed by atoms with Gasteiger partial charge in [-0.1, -0.05) is 37.3 Å². The Balaban J connectivity index is 1.46. The van der Waals surface area contributed by atoms with Crippen LogP contribution in [-0.4, -0.2) is 31.2 Å². The third-order valence-corrected chi connectivity index (χ3v) is 7.94. The second-order valence-electron chi connectivity index (χ2n) is 10.3. The van der Waals surface area contributed by atoms with Gasteiger partial charge in [0, 0.05) is 6.54 Å². The maximum absolute atomic E-state index is 14.3. The van der Waals surface area contributed by atoms with Crippen LogP contribution in [-0.2, 0) is 10.2 Å². The molecule has 2 unspecified atom stereocenters. The number of rotatable bonds is 3. The monoisotopic (exact) mass is 370 g/mol. The summed E-state index contributed by atoms with van der Waals surface area (Å²) >= 11 is 0. The molecule has 6 rings (SSSR count). The van der Waals surface area contributed by atoms with Crippen LogP contribution in [0.25, 0.3) is 0 Å². The lowest BCUT2D eigenvalue weighted by atomic mass is 9.38. The van der Waals surface area contributed by atoms with Crippen LogP contribution in [0.1, 0.15) is 57.4 Å². The van der Waals surface area contributed by atoms with Crippen LogP contribution in [0.15, 0.2) is 30.3 Å². The van der Waals surface area contributed by atoms with E-state index in [9.17, 15) is 9.18 Å². The van der Waals surface area contributed by atoms with E-state index in [1.54, 1.807) is 0 Å². The van der Waals surface area contributed by atoms with Crippen LogP contribution >= 0.6 is 0 Å². The van der Waals surface area contributed by atoms with Crippen molar-refractivity contribution < 1.29 is 9.18 Å². The van der Waals surface area contributed by atoms with Gasteiger partial charge in [0.1, 0.15) is 6.17 Å². The molecule has 4 heteroatoms. The molecule has 1 aliphatic heterocycles. The van der Waals surface area contributed by atoms with Crippen LogP contribution in [0.3, 0.4) is 0 Å². The Morgan fingerprint density at radius 1 is 1.15 bits per heavy atom. The van der Waals surface area contributed by atoms with Crippen molar-refractivity contribution in [2.75, 3.05) is 13.1 Å². The average Bonchev–Trinajstić information content (AvgIpc) is 2.62. The van der Waals surface area contributed by atoms with E-state index >= 15 is 0 Å². The van der Waals surface area contributed by atoms with Gasteiger partial charge >= 0.3 is 0 Å². The van der Waals surface area contributed by atoms with Crippen molar-refractivity contribution in [1.82, 2.24) is 10.6 Å². The molecule has 4 aliphatic carbocycles. The molecule has 6 atom stereocenters. The van der Waals surface area contributed by atoms with Crippen molar-refractivity contribution in [1.29, 1.82) is 0 Å². The third-order valence-electron chi connectivity index (χ3n) is 7.94. The zero-order valence-corrected chi connectivity index (χ0v) is 16.3. The summed E-state index contributed by atoms with van der Waals surface area (Å²) in [6.45, 7) is 3.53. The minimum absolute atomic E-state index is 0.121. The first-order valence-electron chi connectivity index (χ1n) is 10.6. The quantitative estimate of drug-likeness (QED) is 0.851. The second kappa shape index (κ2) is 6.04. The van der Waals surface area contributed by atoms with E-state index in [4.69, 9.17) is 0 Å². The number of halogens is 1. The highest BCUT2D eigenvalue weighted by molar-refractivity contribution is 5.84. The SMILES string of the molecule is C[C@]12CC3CC(C(=O)N[C@@H]4CCNC[C@H]4F)(C1)C[C@@](c1ccccc1)(C3)C2. The number of alkyl halides is 1. The molecule has 4 saturated carbocycles. The third kappa shape index (κ3) is 2.83. The number of piperidine rings is 1. The maximum atomic E-state index is 14.3. The van der Waals surface area contributed by atoms with Gasteiger partial charge in [-0.25, -0.2) is 4.39 Å². The van der Waals surface area contributed by atoms with Gasteiger partial charge in [0.15, 0.2) is 0 Å². The van der Waals surface area contributed by atoms with Crippen LogP contribution in [0.5, 0.6) is 0 Å². The molecule has 1 saturated heterocycles. The van der Waals surface area contributed by atoms with E-state index in [0.29, 0.717) is 18.9 Å². The van der Waals surface area contributed by atoms with E-state index in [1.807, 2.05) is 0 Å². The number of hydrogen-bond donors (Lipinski definition) is 2. The summed E-state index contributed by atoms with van der Waals surface area (Å²) in [7, 11) is 0. The molecule has 0 radical (unpaired) electrons. The average molecular weight is 371 g/mol. The summed E-state index contributed by atoms with van der Waals surface area (Å²) < 4.78 is 14.3. The Morgan fingerprint density at radius 3 is 2.70 bits per heavy atom. The zero-order chi connectivity index (χ0) is 18.7. The number of nitrogens with one attached hydrogen (secondary N) is 2. The highest BCUT2D eigenvalue weighted by atomic mass is 19.1. The molecule has 4 bridgehead atoms. The minimum atomic E-state index is -0.977. The van der Waals surface area contributed by atoms with Gasteiger partial charge in [-0.2, -0.15) is 0 Å². The first kappa shape index (κ1) is 17.7. The van der Waals surface area contributed by atoms with Gasteiger partial charge in [0.05, 0.1) is 11.5 Å². The van der Waals surface area contributed by atoms with Gasteiger partial charge < -0.3 is 10.6 Å². The molecule has 146 valence electrons. The number of amides is 1. The fraction of sp³-hybridized carbons (Fsp3) is 0.696. The van der Waals surface area contributed by atoms with E-state index in [-0.39, 0.29) is 28.2 Å². The first-order valence-corrected chi connectivity index (χ1v) is 10.6. The molecular formula is C23H31FN2O. The Hall–Kier alpha value is -1.42. The van der Waals surface area contributed by atoms with Gasteiger partial charge in [0.2, 0.25) is 5.91 Å². The Kier molecular flexibility index (Phi) is 3.95. The van der Waals surface area contributed by atoms with Crippen molar-refractivity contribution in [3.8, 4) is 0 Å². The number of carbonyl (C=O) groups excluding carboxylic acids is 1. The predicted octanol–water partition coefficient (Wildman–Crippen LogP) is 3.73. The Morgan fingerprint density at radius 2 is 1.96 bits per heavy atom. The summed E-state index contributed by atoms with van der Waals surface area (Å²) in [5.41, 5.74) is 1.45. The van der Waals surface area contributed by atoms with Crippen LogP contribution in [0, 0.1) is 16.7 Å². The largest absolute Gasteiger partial charge is 0.350 e. The highest BCUT2D eigenvalue weighted by Gasteiger charge is 2.64. The van der Waals surface area contributed by atoms with E-state index in [1.165, 1.54) is 24.8 Å². The van der Waals surface area contributed by atoms with Gasteiger partial charge in [-0.3, -0.25) is 4.79 Å². The molecule has 0 aromatic heterocycles. The highest BCUT2D eigenvalue weighted by Crippen LogP contribution is 2.70. The molecule has 1 aromatic carbocycles. The number of hydrogen-bond acceptors (Lipinski definition) is 2. The zero-order valence-electron chi connectivity index (χ0n) is 16.3. The minimum Gasteiger partial charge on any atom is -0.350 e.